The molecule has 1 saturated heterocycles. The maximum absolute atomic E-state index is 15.6. The third kappa shape index (κ3) is 8.92. The van der Waals surface area contributed by atoms with Crippen molar-refractivity contribution in [3.63, 3.8) is 0 Å². The third-order valence-corrected chi connectivity index (χ3v) is 8.67. The number of nitrogens with zero attached hydrogens (tertiary/aromatic N) is 1. The van der Waals surface area contributed by atoms with Crippen LogP contribution in [-0.2, 0) is 21.7 Å². The molecule has 0 aliphatic carbocycles. The molecule has 9 nitrogen and oxygen atoms in total. The minimum atomic E-state index is -1.48. The van der Waals surface area contributed by atoms with Crippen LogP contribution in [0.1, 0.15) is 65.6 Å². The number of hydrogen-bond acceptors (Lipinski definition) is 6. The van der Waals surface area contributed by atoms with E-state index in [4.69, 9.17) is 5.73 Å². The van der Waals surface area contributed by atoms with Crippen LogP contribution in [0.5, 0.6) is 0 Å². The molecular weight excluding hydrogens is 587 g/mol. The van der Waals surface area contributed by atoms with Crippen molar-refractivity contribution in [1.82, 2.24) is 15.5 Å². The molecule has 0 radical (unpaired) electrons. The van der Waals surface area contributed by atoms with Gasteiger partial charge in [-0.25, -0.2) is 9.18 Å². The molecule has 46 heavy (non-hydrogen) atoms. The van der Waals surface area contributed by atoms with Gasteiger partial charge in [-0.3, -0.25) is 9.59 Å². The topological polar surface area (TPSA) is 134 Å². The highest BCUT2D eigenvalue weighted by atomic mass is 19.1. The largest absolute Gasteiger partial charge is 0.453 e. The van der Waals surface area contributed by atoms with Crippen LogP contribution in [0.4, 0.5) is 9.18 Å². The van der Waals surface area contributed by atoms with Crippen LogP contribution in [0, 0.1) is 18.7 Å². The van der Waals surface area contributed by atoms with E-state index in [1.54, 1.807) is 29.2 Å². The predicted molar refractivity (Wildman–Crippen MR) is 175 cm³/mol. The normalized spacial score (nSPS) is 16.0. The predicted octanol–water partition coefficient (Wildman–Crippen LogP) is 5.03. The summed E-state index contributed by atoms with van der Waals surface area (Å²) in [5.74, 6) is -1.25. The lowest BCUT2D eigenvalue weighted by molar-refractivity contribution is -0.118. The first-order valence-electron chi connectivity index (χ1n) is 15.9. The third-order valence-electron chi connectivity index (χ3n) is 8.67. The molecule has 1 aliphatic rings. The standard InChI is InChI=1S/C36H45FN4O5/c1-25-8-3-9-28(22-25)33-30(11-4-12-31(33)37)36(45,18-7-20-40-35(44)46-2)29-10-6-21-41(24-29)34(43)27-16-14-26(15-17-27)23-39-19-5-13-32(38)42/h3-4,8-9,11-12,14-17,22,29,39,45H,5-7,10,13,18-21,23-24H2,1-2H3,(H2,38,42)(H,40,44). The lowest BCUT2D eigenvalue weighted by atomic mass is 9.72. The number of ether oxygens (including phenoxy) is 1. The fourth-order valence-electron chi connectivity index (χ4n) is 6.28. The van der Waals surface area contributed by atoms with Gasteiger partial charge >= 0.3 is 6.09 Å². The molecule has 3 aromatic rings. The number of methoxy groups -OCH3 is 1. The number of piperidine rings is 1. The number of carbonyl (C=O) groups is 3. The van der Waals surface area contributed by atoms with Crippen LogP contribution in [0.2, 0.25) is 0 Å². The lowest BCUT2D eigenvalue weighted by Gasteiger charge is -2.43. The zero-order chi connectivity index (χ0) is 33.1. The van der Waals surface area contributed by atoms with Crippen molar-refractivity contribution in [2.45, 2.75) is 57.6 Å². The molecule has 0 saturated carbocycles. The molecule has 1 heterocycles. The number of hydrogen-bond donors (Lipinski definition) is 4. The molecule has 0 aromatic heterocycles. The number of nitrogens with one attached hydrogen (secondary N) is 2. The van der Waals surface area contributed by atoms with E-state index in [-0.39, 0.29) is 30.7 Å². The van der Waals surface area contributed by atoms with Crippen LogP contribution < -0.4 is 16.4 Å². The smallest absolute Gasteiger partial charge is 0.406 e. The highest BCUT2D eigenvalue weighted by Crippen LogP contribution is 2.44. The first-order valence-corrected chi connectivity index (χ1v) is 15.9. The first kappa shape index (κ1) is 34.6. The zero-order valence-electron chi connectivity index (χ0n) is 26.7. The molecule has 1 fully saturated rings. The summed E-state index contributed by atoms with van der Waals surface area (Å²) in [4.78, 5) is 38.1. The number of primary amides is 1. The Kier molecular flexibility index (Phi) is 12.3. The Balaban J connectivity index is 1.56. The Hall–Kier alpha value is -4.28. The average molecular weight is 633 g/mol. The quantitative estimate of drug-likeness (QED) is 0.184. The Bertz CT molecular complexity index is 1500. The minimum Gasteiger partial charge on any atom is -0.453 e. The summed E-state index contributed by atoms with van der Waals surface area (Å²) in [6.07, 6.45) is 2.43. The van der Waals surface area contributed by atoms with Gasteiger partial charge < -0.3 is 31.1 Å². The Morgan fingerprint density at radius 1 is 1.07 bits per heavy atom. The fraction of sp³-hybridized carbons (Fsp3) is 0.417. The Morgan fingerprint density at radius 2 is 1.83 bits per heavy atom. The number of nitrogens with two attached hydrogens (primary N) is 1. The second kappa shape index (κ2) is 16.3. The van der Waals surface area contributed by atoms with Crippen LogP contribution in [0.15, 0.2) is 66.7 Å². The molecule has 2 atom stereocenters. The maximum Gasteiger partial charge on any atom is 0.406 e. The highest BCUT2D eigenvalue weighted by molar-refractivity contribution is 5.94. The van der Waals surface area contributed by atoms with Crippen molar-refractivity contribution in [3.8, 4) is 11.1 Å². The number of alkyl carbamates (subject to hydrolysis) is 1. The van der Waals surface area contributed by atoms with Gasteiger partial charge in [0.2, 0.25) is 5.91 Å². The van der Waals surface area contributed by atoms with Gasteiger partial charge in [-0.05, 0) is 80.5 Å². The van der Waals surface area contributed by atoms with Crippen molar-refractivity contribution in [1.29, 1.82) is 0 Å². The maximum atomic E-state index is 15.6. The average Bonchev–Trinajstić information content (AvgIpc) is 3.06. The summed E-state index contributed by atoms with van der Waals surface area (Å²) in [7, 11) is 1.29. The number of aryl methyl sites for hydroxylation is 1. The lowest BCUT2D eigenvalue weighted by Crippen LogP contribution is -2.48. The minimum absolute atomic E-state index is 0.126. The van der Waals surface area contributed by atoms with Crippen molar-refractivity contribution >= 4 is 17.9 Å². The number of benzene rings is 3. The van der Waals surface area contributed by atoms with E-state index in [1.807, 2.05) is 43.3 Å². The summed E-state index contributed by atoms with van der Waals surface area (Å²) >= 11 is 0. The van der Waals surface area contributed by atoms with Crippen LogP contribution in [0.3, 0.4) is 0 Å². The molecule has 246 valence electrons. The fourth-order valence-corrected chi connectivity index (χ4v) is 6.28. The summed E-state index contributed by atoms with van der Waals surface area (Å²) in [6.45, 7) is 4.32. The van der Waals surface area contributed by atoms with Crippen molar-refractivity contribution in [2.24, 2.45) is 11.7 Å². The molecule has 1 aliphatic heterocycles. The van der Waals surface area contributed by atoms with Crippen LogP contribution in [-0.4, -0.2) is 61.2 Å². The van der Waals surface area contributed by atoms with E-state index < -0.39 is 17.5 Å². The van der Waals surface area contributed by atoms with E-state index in [2.05, 4.69) is 15.4 Å². The van der Waals surface area contributed by atoms with Gasteiger partial charge in [-0.15, -0.1) is 0 Å². The Morgan fingerprint density at radius 3 is 2.54 bits per heavy atom. The number of carbonyl (C=O) groups excluding carboxylic acids is 3. The van der Waals surface area contributed by atoms with Gasteiger partial charge in [0.05, 0.1) is 12.7 Å². The van der Waals surface area contributed by atoms with E-state index in [9.17, 15) is 19.5 Å². The summed E-state index contributed by atoms with van der Waals surface area (Å²) in [5, 5.41) is 18.6. The number of aliphatic hydroxyl groups is 1. The van der Waals surface area contributed by atoms with Gasteiger partial charge in [0.1, 0.15) is 5.82 Å². The van der Waals surface area contributed by atoms with Crippen LogP contribution >= 0.6 is 0 Å². The zero-order valence-corrected chi connectivity index (χ0v) is 26.7. The summed E-state index contributed by atoms with van der Waals surface area (Å²) in [5.41, 5.74) is 7.73. The molecule has 10 heteroatoms. The van der Waals surface area contributed by atoms with Gasteiger partial charge in [0.25, 0.3) is 5.91 Å². The molecule has 4 rings (SSSR count). The number of halogens is 1. The summed E-state index contributed by atoms with van der Waals surface area (Å²) < 4.78 is 20.3. The van der Waals surface area contributed by atoms with Crippen molar-refractivity contribution in [3.05, 3.63) is 94.8 Å². The second-order valence-electron chi connectivity index (χ2n) is 12.0. The Labute approximate surface area is 270 Å². The second-order valence-corrected chi connectivity index (χ2v) is 12.0. The van der Waals surface area contributed by atoms with E-state index in [0.29, 0.717) is 80.5 Å². The van der Waals surface area contributed by atoms with Gasteiger partial charge in [-0.2, -0.15) is 0 Å². The van der Waals surface area contributed by atoms with Gasteiger partial charge in [-0.1, -0.05) is 54.1 Å². The SMILES string of the molecule is COC(=O)NCCCC(O)(c1cccc(F)c1-c1cccc(C)c1)C1CCCN(C(=O)c2ccc(CNCCCC(N)=O)cc2)C1. The molecule has 5 N–H and O–H groups in total. The molecule has 3 amide bonds. The molecule has 3 aromatic carbocycles. The first-order chi connectivity index (χ1) is 22.1. The number of amides is 3. The van der Waals surface area contributed by atoms with Crippen molar-refractivity contribution < 1.29 is 28.6 Å². The van der Waals surface area contributed by atoms with E-state index in [1.165, 1.54) is 13.2 Å². The van der Waals surface area contributed by atoms with E-state index in [0.717, 1.165) is 11.1 Å². The number of likely N-dealkylation sites (tertiary alicyclic amines) is 1. The number of rotatable bonds is 14. The van der Waals surface area contributed by atoms with Gasteiger partial charge in [0, 0.05) is 49.6 Å². The molecule has 0 spiro atoms. The van der Waals surface area contributed by atoms with Crippen molar-refractivity contribution in [2.75, 3.05) is 33.3 Å². The van der Waals surface area contributed by atoms with E-state index >= 15 is 4.39 Å². The van der Waals surface area contributed by atoms with Gasteiger partial charge in [0.15, 0.2) is 0 Å². The molecular formula is C36H45FN4O5. The van der Waals surface area contributed by atoms with Crippen LogP contribution in [0.25, 0.3) is 11.1 Å². The summed E-state index contributed by atoms with van der Waals surface area (Å²) in [6, 6.07) is 19.8. The molecule has 0 bridgehead atoms. The molecule has 2 unspecified atom stereocenters. The highest BCUT2D eigenvalue weighted by Gasteiger charge is 2.43. The monoisotopic (exact) mass is 632 g/mol.